The molecule has 0 N–H and O–H groups in total. The van der Waals surface area contributed by atoms with Crippen molar-refractivity contribution >= 4 is 9.04 Å². The van der Waals surface area contributed by atoms with Gasteiger partial charge in [0.15, 0.2) is 0 Å². The molecule has 0 amide bonds. The summed E-state index contributed by atoms with van der Waals surface area (Å²) in [6, 6.07) is 6.72. The predicted molar refractivity (Wildman–Crippen MR) is 97.0 cm³/mol. The van der Waals surface area contributed by atoms with Crippen LogP contribution in [-0.4, -0.2) is 15.1 Å². The van der Waals surface area contributed by atoms with Crippen molar-refractivity contribution in [2.75, 3.05) is 0 Å². The number of ether oxygens (including phenoxy) is 1. The van der Waals surface area contributed by atoms with Gasteiger partial charge in [-0.3, -0.25) is 0 Å². The molecule has 23 heavy (non-hydrogen) atoms. The summed E-state index contributed by atoms with van der Waals surface area (Å²) in [5.41, 5.74) is 4.53. The van der Waals surface area contributed by atoms with E-state index in [1.807, 2.05) is 0 Å². The molecule has 0 saturated carbocycles. The highest BCUT2D eigenvalue weighted by molar-refractivity contribution is 6.53. The zero-order chi connectivity index (χ0) is 17.0. The molecule has 1 radical (unpaired) electrons. The van der Waals surface area contributed by atoms with Gasteiger partial charge in [0.25, 0.3) is 0 Å². The average molecular weight is 332 g/mol. The number of fused-ring (bicyclic) bond motifs is 1. The van der Waals surface area contributed by atoms with Crippen molar-refractivity contribution in [3.63, 3.8) is 0 Å². The second-order valence-electron chi connectivity index (χ2n) is 8.85. The maximum atomic E-state index is 6.52. The maximum Gasteiger partial charge on any atom is 0.214 e. The summed E-state index contributed by atoms with van der Waals surface area (Å²) in [7, 11) is -0.816. The molecule has 2 nitrogen and oxygen atoms in total. The highest BCUT2D eigenvalue weighted by Crippen LogP contribution is 2.53. The Balaban J connectivity index is 1.84. The van der Waals surface area contributed by atoms with Crippen LogP contribution < -0.4 is 0 Å². The Hall–Kier alpha value is -0.643. The third-order valence-corrected chi connectivity index (χ3v) is 8.72. The van der Waals surface area contributed by atoms with Crippen molar-refractivity contribution in [3.8, 4) is 0 Å². The quantitative estimate of drug-likeness (QED) is 0.671. The second kappa shape index (κ2) is 5.71. The molecule has 1 aliphatic heterocycles. The molecule has 3 rings (SSSR count). The summed E-state index contributed by atoms with van der Waals surface area (Å²) in [5.74, 6) is 0. The fourth-order valence-corrected chi connectivity index (χ4v) is 4.60. The van der Waals surface area contributed by atoms with E-state index in [0.29, 0.717) is 6.10 Å². The highest BCUT2D eigenvalue weighted by Gasteiger charge is 2.49. The highest BCUT2D eigenvalue weighted by atomic mass is 28.3. The van der Waals surface area contributed by atoms with Crippen LogP contribution in [0, 0.1) is 5.41 Å². The van der Waals surface area contributed by atoms with Crippen LogP contribution in [0.3, 0.4) is 0 Å². The van der Waals surface area contributed by atoms with Crippen LogP contribution in [0.25, 0.3) is 0 Å². The molecule has 2 unspecified atom stereocenters. The Kier molecular flexibility index (Phi) is 4.27. The maximum absolute atomic E-state index is 6.52. The number of benzene rings is 1. The van der Waals surface area contributed by atoms with Crippen molar-refractivity contribution in [2.24, 2.45) is 5.41 Å². The average Bonchev–Trinajstić information content (AvgIpc) is 2.87. The Morgan fingerprint density at radius 1 is 1.22 bits per heavy atom. The smallest absolute Gasteiger partial charge is 0.214 e. The van der Waals surface area contributed by atoms with Crippen LogP contribution in [0.5, 0.6) is 0 Å². The van der Waals surface area contributed by atoms with Gasteiger partial charge in [-0.05, 0) is 48.0 Å². The third kappa shape index (κ3) is 2.92. The molecule has 1 fully saturated rings. The lowest BCUT2D eigenvalue weighted by Crippen LogP contribution is -2.48. The lowest BCUT2D eigenvalue weighted by molar-refractivity contribution is -0.230. The SMILES string of the molecule is CC1OC(c2cccc3c2CC[C@@H]3O[Si](C)C(C)(C)C)C1(C)C. The van der Waals surface area contributed by atoms with Gasteiger partial charge in [0.1, 0.15) is 0 Å². The van der Waals surface area contributed by atoms with Crippen molar-refractivity contribution in [2.45, 2.75) is 84.3 Å². The first-order valence-corrected chi connectivity index (χ1v) is 10.8. The summed E-state index contributed by atoms with van der Waals surface area (Å²) in [5, 5.41) is 0.277. The summed E-state index contributed by atoms with van der Waals surface area (Å²) in [6.45, 7) is 16.0. The number of hydrogen-bond acceptors (Lipinski definition) is 2. The van der Waals surface area contributed by atoms with Gasteiger partial charge < -0.3 is 9.16 Å². The predicted octanol–water partition coefficient (Wildman–Crippen LogP) is 5.60. The fourth-order valence-electron chi connectivity index (χ4n) is 3.57. The van der Waals surface area contributed by atoms with Gasteiger partial charge in [-0.15, -0.1) is 0 Å². The van der Waals surface area contributed by atoms with Crippen LogP contribution in [0.15, 0.2) is 18.2 Å². The van der Waals surface area contributed by atoms with E-state index in [2.05, 4.69) is 66.3 Å². The van der Waals surface area contributed by atoms with Crippen LogP contribution in [0.4, 0.5) is 0 Å². The molecule has 1 aromatic rings. The van der Waals surface area contributed by atoms with E-state index < -0.39 is 9.04 Å². The number of hydrogen-bond donors (Lipinski definition) is 0. The van der Waals surface area contributed by atoms with Crippen LogP contribution >= 0.6 is 0 Å². The van der Waals surface area contributed by atoms with E-state index in [0.717, 1.165) is 12.8 Å². The Labute approximate surface area is 143 Å². The van der Waals surface area contributed by atoms with E-state index in [1.54, 1.807) is 0 Å². The normalized spacial score (nSPS) is 29.5. The van der Waals surface area contributed by atoms with Gasteiger partial charge in [0.2, 0.25) is 9.04 Å². The molecule has 3 heteroatoms. The van der Waals surface area contributed by atoms with Gasteiger partial charge in [-0.25, -0.2) is 0 Å². The van der Waals surface area contributed by atoms with E-state index in [9.17, 15) is 0 Å². The van der Waals surface area contributed by atoms with E-state index in [-0.39, 0.29) is 22.7 Å². The van der Waals surface area contributed by atoms with Crippen molar-refractivity contribution in [3.05, 3.63) is 34.9 Å². The minimum Gasteiger partial charge on any atom is -0.409 e. The van der Waals surface area contributed by atoms with Gasteiger partial charge in [0.05, 0.1) is 18.3 Å². The molecule has 1 saturated heterocycles. The van der Waals surface area contributed by atoms with E-state index in [1.165, 1.54) is 16.7 Å². The van der Waals surface area contributed by atoms with Crippen molar-refractivity contribution in [1.29, 1.82) is 0 Å². The minimum absolute atomic E-state index is 0.221. The summed E-state index contributed by atoms with van der Waals surface area (Å²) < 4.78 is 12.6. The zero-order valence-electron chi connectivity index (χ0n) is 15.7. The number of rotatable bonds is 3. The molecule has 127 valence electrons. The summed E-state index contributed by atoms with van der Waals surface area (Å²) in [4.78, 5) is 0. The molecule has 1 aliphatic carbocycles. The molecule has 0 bridgehead atoms. The molecule has 2 aliphatic rings. The monoisotopic (exact) mass is 331 g/mol. The standard InChI is InChI=1S/C20H31O2Si/c1-13-20(5,6)18(21-13)16-10-8-9-15-14(16)11-12-17(15)22-23(7)19(2,3)4/h8-10,13,17-18H,11-12H2,1-7H3/t13?,17-,18?/m0/s1. The molecule has 1 aromatic carbocycles. The lowest BCUT2D eigenvalue weighted by Gasteiger charge is -2.51. The Morgan fingerprint density at radius 2 is 1.87 bits per heavy atom. The van der Waals surface area contributed by atoms with Gasteiger partial charge in [0, 0.05) is 5.41 Å². The lowest BCUT2D eigenvalue weighted by atomic mass is 9.72. The van der Waals surface area contributed by atoms with Crippen molar-refractivity contribution in [1.82, 2.24) is 0 Å². The van der Waals surface area contributed by atoms with Crippen LogP contribution in [-0.2, 0) is 15.6 Å². The third-order valence-electron chi connectivity index (χ3n) is 5.97. The molecule has 0 spiro atoms. The Morgan fingerprint density at radius 3 is 2.43 bits per heavy atom. The first-order valence-electron chi connectivity index (χ1n) is 8.90. The summed E-state index contributed by atoms with van der Waals surface area (Å²) in [6.07, 6.45) is 3.10. The zero-order valence-corrected chi connectivity index (χ0v) is 16.7. The van der Waals surface area contributed by atoms with Gasteiger partial charge >= 0.3 is 0 Å². The van der Waals surface area contributed by atoms with Gasteiger partial charge in [-0.2, -0.15) is 0 Å². The Bertz CT molecular complexity index is 588. The molecule has 3 atom stereocenters. The molecule has 0 aromatic heterocycles. The van der Waals surface area contributed by atoms with Gasteiger partial charge in [-0.1, -0.05) is 52.8 Å². The first kappa shape index (κ1) is 17.2. The van der Waals surface area contributed by atoms with E-state index in [4.69, 9.17) is 9.16 Å². The topological polar surface area (TPSA) is 18.5 Å². The van der Waals surface area contributed by atoms with Crippen LogP contribution in [0.2, 0.25) is 11.6 Å². The fraction of sp³-hybridized carbons (Fsp3) is 0.700. The summed E-state index contributed by atoms with van der Waals surface area (Å²) >= 11 is 0. The largest absolute Gasteiger partial charge is 0.409 e. The molecular weight excluding hydrogens is 300 g/mol. The van der Waals surface area contributed by atoms with Crippen LogP contribution in [0.1, 0.15) is 76.9 Å². The first-order chi connectivity index (χ1) is 10.6. The second-order valence-corrected chi connectivity index (χ2v) is 11.7. The van der Waals surface area contributed by atoms with Crippen molar-refractivity contribution < 1.29 is 9.16 Å². The molecule has 1 heterocycles. The van der Waals surface area contributed by atoms with E-state index >= 15 is 0 Å². The molecular formula is C20H31O2Si. The minimum atomic E-state index is -0.816.